The van der Waals surface area contributed by atoms with Crippen molar-refractivity contribution in [1.82, 2.24) is 10.3 Å². The Labute approximate surface area is 98.9 Å². The van der Waals surface area contributed by atoms with Crippen LogP contribution in [0.4, 0.5) is 0 Å². The molecule has 16 heavy (non-hydrogen) atoms. The first-order valence-electron chi connectivity index (χ1n) is 5.23. The largest absolute Gasteiger partial charge is 0.481 e. The Morgan fingerprint density at radius 3 is 3.00 bits per heavy atom. The highest BCUT2D eigenvalue weighted by atomic mass is 32.2. The monoisotopic (exact) mass is 242 g/mol. The quantitative estimate of drug-likeness (QED) is 0.723. The maximum atomic E-state index is 10.8. The molecular weight excluding hydrogens is 224 g/mol. The van der Waals surface area contributed by atoms with Crippen molar-refractivity contribution in [2.24, 2.45) is 0 Å². The normalized spacial score (nSPS) is 12.4. The second kappa shape index (κ2) is 7.35. The van der Waals surface area contributed by atoms with Crippen molar-refractivity contribution in [3.8, 4) is 5.88 Å². The lowest BCUT2D eigenvalue weighted by Gasteiger charge is -2.05. The number of aromatic nitrogens is 1. The van der Waals surface area contributed by atoms with Crippen LogP contribution in [-0.4, -0.2) is 34.9 Å². The Kier molecular flexibility index (Phi) is 6.03. The lowest BCUT2D eigenvalue weighted by atomic mass is 10.3. The molecule has 0 bridgehead atoms. The van der Waals surface area contributed by atoms with E-state index in [2.05, 4.69) is 10.3 Å². The van der Waals surface area contributed by atoms with Crippen molar-refractivity contribution >= 4 is 10.8 Å². The van der Waals surface area contributed by atoms with Gasteiger partial charge in [0.1, 0.15) is 0 Å². The van der Waals surface area contributed by atoms with Crippen LogP contribution in [0.5, 0.6) is 5.88 Å². The molecule has 0 saturated heterocycles. The van der Waals surface area contributed by atoms with E-state index in [0.717, 1.165) is 24.4 Å². The molecule has 1 rings (SSSR count). The average Bonchev–Trinajstić information content (AvgIpc) is 2.28. The van der Waals surface area contributed by atoms with Gasteiger partial charge < -0.3 is 10.1 Å². The van der Waals surface area contributed by atoms with Crippen molar-refractivity contribution < 1.29 is 8.95 Å². The number of nitrogens with zero attached hydrogens (tertiary/aromatic N) is 1. The molecule has 1 unspecified atom stereocenters. The first-order chi connectivity index (χ1) is 7.72. The van der Waals surface area contributed by atoms with Gasteiger partial charge in [0.25, 0.3) is 0 Å². The third-order valence-electron chi connectivity index (χ3n) is 2.08. The minimum atomic E-state index is -0.694. The summed E-state index contributed by atoms with van der Waals surface area (Å²) in [5, 5.41) is 3.26. The Bertz CT molecular complexity index is 345. The Balaban J connectivity index is 2.23. The minimum Gasteiger partial charge on any atom is -0.481 e. The molecule has 90 valence electrons. The molecule has 1 heterocycles. The summed E-state index contributed by atoms with van der Waals surface area (Å²) in [6, 6.07) is 5.70. The predicted octanol–water partition coefficient (Wildman–Crippen LogP) is 0.948. The van der Waals surface area contributed by atoms with Gasteiger partial charge in [-0.2, -0.15) is 0 Å². The van der Waals surface area contributed by atoms with Gasteiger partial charge in [0.15, 0.2) is 0 Å². The molecular formula is C11H18N2O2S. The fraction of sp³-hybridized carbons (Fsp3) is 0.545. The van der Waals surface area contributed by atoms with Gasteiger partial charge in [-0.05, 0) is 19.0 Å². The average molecular weight is 242 g/mol. The van der Waals surface area contributed by atoms with Gasteiger partial charge in [0.2, 0.25) is 5.88 Å². The summed E-state index contributed by atoms with van der Waals surface area (Å²) >= 11 is 0. The van der Waals surface area contributed by atoms with Gasteiger partial charge in [-0.3, -0.25) is 4.21 Å². The van der Waals surface area contributed by atoms with Crippen molar-refractivity contribution in [2.45, 2.75) is 13.0 Å². The van der Waals surface area contributed by atoms with Crippen LogP contribution in [-0.2, 0) is 17.3 Å². The van der Waals surface area contributed by atoms with E-state index in [-0.39, 0.29) is 0 Å². The second-order valence-electron chi connectivity index (χ2n) is 3.48. The molecule has 1 N–H and O–H groups in total. The van der Waals surface area contributed by atoms with E-state index in [0.29, 0.717) is 12.4 Å². The lowest BCUT2D eigenvalue weighted by Crippen LogP contribution is -2.17. The maximum absolute atomic E-state index is 10.8. The van der Waals surface area contributed by atoms with Gasteiger partial charge in [0.05, 0.1) is 12.8 Å². The van der Waals surface area contributed by atoms with Crippen LogP contribution in [0.1, 0.15) is 12.1 Å². The van der Waals surface area contributed by atoms with E-state index in [1.165, 1.54) is 0 Å². The number of hydrogen-bond donors (Lipinski definition) is 1. The first-order valence-corrected chi connectivity index (χ1v) is 6.96. The van der Waals surface area contributed by atoms with E-state index in [9.17, 15) is 4.21 Å². The molecule has 1 aromatic rings. The van der Waals surface area contributed by atoms with Crippen LogP contribution in [0.2, 0.25) is 0 Å². The zero-order valence-corrected chi connectivity index (χ0v) is 10.5. The fourth-order valence-corrected chi connectivity index (χ4v) is 1.84. The van der Waals surface area contributed by atoms with Crippen LogP contribution < -0.4 is 10.1 Å². The Hall–Kier alpha value is -0.940. The Morgan fingerprint density at radius 2 is 2.31 bits per heavy atom. The molecule has 0 fully saturated rings. The fourth-order valence-electron chi connectivity index (χ4n) is 1.29. The second-order valence-corrected chi connectivity index (χ2v) is 5.03. The summed E-state index contributed by atoms with van der Waals surface area (Å²) in [7, 11) is 0.913. The van der Waals surface area contributed by atoms with Gasteiger partial charge in [-0.15, -0.1) is 0 Å². The van der Waals surface area contributed by atoms with Crippen molar-refractivity contribution in [3.63, 3.8) is 0 Å². The summed E-state index contributed by atoms with van der Waals surface area (Å²) in [5.41, 5.74) is 0.956. The maximum Gasteiger partial charge on any atom is 0.213 e. The smallest absolute Gasteiger partial charge is 0.213 e. The van der Waals surface area contributed by atoms with Crippen LogP contribution >= 0.6 is 0 Å². The molecule has 0 aliphatic carbocycles. The third-order valence-corrected chi connectivity index (χ3v) is 2.95. The first kappa shape index (κ1) is 13.1. The molecule has 0 aliphatic rings. The van der Waals surface area contributed by atoms with Crippen LogP contribution in [0.25, 0.3) is 0 Å². The van der Waals surface area contributed by atoms with E-state index >= 15 is 0 Å². The number of pyridine rings is 1. The number of methoxy groups -OCH3 is 1. The number of ether oxygens (including phenoxy) is 1. The molecule has 0 aromatic carbocycles. The van der Waals surface area contributed by atoms with E-state index in [1.54, 1.807) is 13.4 Å². The van der Waals surface area contributed by atoms with Gasteiger partial charge in [-0.1, -0.05) is 6.07 Å². The SMILES string of the molecule is COc1cccc(CNCCCS(C)=O)n1. The lowest BCUT2D eigenvalue weighted by molar-refractivity contribution is 0.395. The molecule has 1 atom stereocenters. The van der Waals surface area contributed by atoms with Crippen molar-refractivity contribution in [1.29, 1.82) is 0 Å². The molecule has 0 saturated carbocycles. The highest BCUT2D eigenvalue weighted by molar-refractivity contribution is 7.84. The molecule has 4 nitrogen and oxygen atoms in total. The highest BCUT2D eigenvalue weighted by Crippen LogP contribution is 2.05. The van der Waals surface area contributed by atoms with Crippen LogP contribution in [0.15, 0.2) is 18.2 Å². The van der Waals surface area contributed by atoms with Gasteiger partial charge in [-0.25, -0.2) is 4.98 Å². The molecule has 0 radical (unpaired) electrons. The molecule has 0 aliphatic heterocycles. The standard InChI is InChI=1S/C11H18N2O2S/c1-15-11-6-3-5-10(13-11)9-12-7-4-8-16(2)14/h3,5-6,12H,4,7-9H2,1-2H3. The molecule has 5 heteroatoms. The number of rotatable bonds is 7. The highest BCUT2D eigenvalue weighted by Gasteiger charge is 1.97. The van der Waals surface area contributed by atoms with Crippen LogP contribution in [0.3, 0.4) is 0 Å². The number of hydrogen-bond acceptors (Lipinski definition) is 4. The summed E-state index contributed by atoms with van der Waals surface area (Å²) in [6.45, 7) is 1.58. The topological polar surface area (TPSA) is 51.2 Å². The summed E-state index contributed by atoms with van der Waals surface area (Å²) < 4.78 is 15.8. The molecule has 0 amide bonds. The zero-order valence-electron chi connectivity index (χ0n) is 9.73. The van der Waals surface area contributed by atoms with E-state index in [4.69, 9.17) is 4.74 Å². The Morgan fingerprint density at radius 1 is 1.50 bits per heavy atom. The van der Waals surface area contributed by atoms with E-state index < -0.39 is 10.8 Å². The molecule has 0 spiro atoms. The van der Waals surface area contributed by atoms with Crippen molar-refractivity contribution in [3.05, 3.63) is 23.9 Å². The van der Waals surface area contributed by atoms with Crippen LogP contribution in [0, 0.1) is 0 Å². The molecule has 1 aromatic heterocycles. The third kappa shape index (κ3) is 5.23. The summed E-state index contributed by atoms with van der Waals surface area (Å²) in [4.78, 5) is 4.28. The zero-order chi connectivity index (χ0) is 11.8. The predicted molar refractivity (Wildman–Crippen MR) is 66.0 cm³/mol. The van der Waals surface area contributed by atoms with E-state index in [1.807, 2.05) is 18.2 Å². The minimum absolute atomic E-state index is 0.633. The van der Waals surface area contributed by atoms with Crippen molar-refractivity contribution in [2.75, 3.05) is 25.7 Å². The number of nitrogens with one attached hydrogen (secondary N) is 1. The summed E-state index contributed by atoms with van der Waals surface area (Å²) in [6.07, 6.45) is 2.65. The van der Waals surface area contributed by atoms with Gasteiger partial charge >= 0.3 is 0 Å². The van der Waals surface area contributed by atoms with Gasteiger partial charge in [0, 0.05) is 35.4 Å². The summed E-state index contributed by atoms with van der Waals surface area (Å²) in [5.74, 6) is 1.38.